The van der Waals surface area contributed by atoms with Gasteiger partial charge in [0.15, 0.2) is 5.16 Å². The predicted octanol–water partition coefficient (Wildman–Crippen LogP) is 4.82. The number of benzene rings is 1. The summed E-state index contributed by atoms with van der Waals surface area (Å²) in [5.74, 6) is 2.46. The third kappa shape index (κ3) is 5.29. The average molecular weight is 413 g/mol. The number of nitrogens with zero attached hydrogens (tertiary/aromatic N) is 4. The first kappa shape index (κ1) is 21.2. The Morgan fingerprint density at radius 3 is 2.45 bits per heavy atom. The van der Waals surface area contributed by atoms with Gasteiger partial charge in [0.25, 0.3) is 0 Å². The van der Waals surface area contributed by atoms with Gasteiger partial charge in [-0.25, -0.2) is 0 Å². The van der Waals surface area contributed by atoms with Gasteiger partial charge in [-0.15, -0.1) is 10.2 Å². The summed E-state index contributed by atoms with van der Waals surface area (Å²) in [6.07, 6.45) is 1.68. The lowest BCUT2D eigenvalue weighted by molar-refractivity contribution is -0.130. The van der Waals surface area contributed by atoms with Crippen molar-refractivity contribution in [2.45, 2.75) is 58.3 Å². The highest BCUT2D eigenvalue weighted by Gasteiger charge is 2.20. The van der Waals surface area contributed by atoms with Crippen LogP contribution < -0.4 is 0 Å². The number of carbonyl (C=O) groups excluding carboxylic acids is 1. The number of thioether (sulfide) groups is 1. The van der Waals surface area contributed by atoms with Gasteiger partial charge in [-0.05, 0) is 56.5 Å². The molecule has 0 atom stereocenters. The molecular weight excluding hydrogens is 384 g/mol. The molecule has 0 saturated carbocycles. The van der Waals surface area contributed by atoms with Crippen molar-refractivity contribution >= 4 is 17.7 Å². The first-order valence-corrected chi connectivity index (χ1v) is 10.8. The maximum atomic E-state index is 12.9. The first-order chi connectivity index (χ1) is 13.8. The number of rotatable bonds is 8. The van der Waals surface area contributed by atoms with Gasteiger partial charge < -0.3 is 9.32 Å². The number of aromatic nitrogens is 3. The van der Waals surface area contributed by atoms with E-state index in [0.29, 0.717) is 23.4 Å². The summed E-state index contributed by atoms with van der Waals surface area (Å²) in [6.45, 7) is 10.7. The van der Waals surface area contributed by atoms with Crippen molar-refractivity contribution in [2.75, 3.05) is 5.75 Å². The molecular formula is C22H28N4O2S. The van der Waals surface area contributed by atoms with Crippen molar-refractivity contribution < 1.29 is 9.21 Å². The van der Waals surface area contributed by atoms with Crippen LogP contribution in [0.4, 0.5) is 0 Å². The Morgan fingerprint density at radius 1 is 1.14 bits per heavy atom. The highest BCUT2D eigenvalue weighted by Crippen LogP contribution is 2.23. The molecule has 0 N–H and O–H groups in total. The molecule has 2 aromatic heterocycles. The Balaban J connectivity index is 1.67. The number of hydrogen-bond donors (Lipinski definition) is 0. The van der Waals surface area contributed by atoms with Crippen LogP contribution in [-0.4, -0.2) is 37.4 Å². The Kier molecular flexibility index (Phi) is 6.79. The molecule has 0 radical (unpaired) electrons. The van der Waals surface area contributed by atoms with Gasteiger partial charge in [-0.2, -0.15) is 0 Å². The highest BCUT2D eigenvalue weighted by molar-refractivity contribution is 7.99. The van der Waals surface area contributed by atoms with E-state index in [-0.39, 0.29) is 11.9 Å². The third-order valence-corrected chi connectivity index (χ3v) is 5.67. The normalized spacial score (nSPS) is 11.4. The number of amides is 1. The summed E-state index contributed by atoms with van der Waals surface area (Å²) in [6, 6.07) is 12.3. The van der Waals surface area contributed by atoms with Crippen LogP contribution in [0.3, 0.4) is 0 Å². The third-order valence-electron chi connectivity index (χ3n) is 4.75. The molecule has 0 aliphatic carbocycles. The second-order valence-corrected chi connectivity index (χ2v) is 8.59. The van der Waals surface area contributed by atoms with Crippen LogP contribution in [-0.2, 0) is 11.3 Å². The first-order valence-electron chi connectivity index (χ1n) is 9.83. The van der Waals surface area contributed by atoms with Crippen LogP contribution in [0.5, 0.6) is 0 Å². The molecule has 3 rings (SSSR count). The van der Waals surface area contributed by atoms with Gasteiger partial charge in [0.2, 0.25) is 5.91 Å². The fourth-order valence-corrected chi connectivity index (χ4v) is 3.84. The van der Waals surface area contributed by atoms with E-state index in [1.807, 2.05) is 42.4 Å². The zero-order valence-corrected chi connectivity index (χ0v) is 18.4. The summed E-state index contributed by atoms with van der Waals surface area (Å²) in [7, 11) is 0. The molecule has 3 aromatic rings. The Morgan fingerprint density at radius 2 is 1.86 bits per heavy atom. The second kappa shape index (κ2) is 9.31. The van der Waals surface area contributed by atoms with E-state index < -0.39 is 0 Å². The molecule has 154 valence electrons. The fourth-order valence-electron chi connectivity index (χ4n) is 3.03. The minimum atomic E-state index is 0.0451. The molecule has 29 heavy (non-hydrogen) atoms. The van der Waals surface area contributed by atoms with Crippen molar-refractivity contribution in [3.63, 3.8) is 0 Å². The number of aryl methyl sites for hydroxylation is 1. The van der Waals surface area contributed by atoms with Crippen LogP contribution in [0, 0.1) is 6.92 Å². The Bertz CT molecular complexity index is 944. The number of carbonyl (C=O) groups is 1. The van der Waals surface area contributed by atoms with E-state index >= 15 is 0 Å². The SMILES string of the molecule is Cc1ccc(CN(C(=O)CSc2nncn2-c2ccc(C(C)C)cc2)C(C)C)o1. The lowest BCUT2D eigenvalue weighted by Gasteiger charge is -2.25. The lowest BCUT2D eigenvalue weighted by Crippen LogP contribution is -2.37. The number of hydrogen-bond acceptors (Lipinski definition) is 5. The quantitative estimate of drug-likeness (QED) is 0.496. The van der Waals surface area contributed by atoms with E-state index in [1.165, 1.54) is 17.3 Å². The molecule has 0 spiro atoms. The molecule has 0 unspecified atom stereocenters. The summed E-state index contributed by atoms with van der Waals surface area (Å²) < 4.78 is 7.56. The molecule has 2 heterocycles. The molecule has 7 heteroatoms. The predicted molar refractivity (Wildman–Crippen MR) is 115 cm³/mol. The van der Waals surface area contributed by atoms with E-state index in [1.54, 1.807) is 6.33 Å². The van der Waals surface area contributed by atoms with Gasteiger partial charge in [0.05, 0.1) is 12.3 Å². The standard InChI is InChI=1S/C22H28N4O2S/c1-15(2)18-7-9-19(10-8-18)26-14-23-24-22(26)29-13-21(27)25(16(3)4)12-20-11-6-17(5)28-20/h6-11,14-16H,12-13H2,1-5H3. The smallest absolute Gasteiger partial charge is 0.233 e. The van der Waals surface area contributed by atoms with Crippen molar-refractivity contribution in [1.29, 1.82) is 0 Å². The summed E-state index contributed by atoms with van der Waals surface area (Å²) in [4.78, 5) is 14.7. The van der Waals surface area contributed by atoms with Gasteiger partial charge in [0.1, 0.15) is 17.8 Å². The van der Waals surface area contributed by atoms with Crippen LogP contribution in [0.2, 0.25) is 0 Å². The largest absolute Gasteiger partial charge is 0.464 e. The van der Waals surface area contributed by atoms with Crippen molar-refractivity contribution in [3.05, 3.63) is 59.8 Å². The molecule has 0 aliphatic rings. The van der Waals surface area contributed by atoms with Crippen molar-refractivity contribution in [1.82, 2.24) is 19.7 Å². The minimum Gasteiger partial charge on any atom is -0.464 e. The van der Waals surface area contributed by atoms with Crippen LogP contribution >= 0.6 is 11.8 Å². The van der Waals surface area contributed by atoms with Gasteiger partial charge in [-0.3, -0.25) is 9.36 Å². The Hall–Kier alpha value is -2.54. The maximum absolute atomic E-state index is 12.9. The number of furan rings is 1. The molecule has 1 aromatic carbocycles. The molecule has 0 fully saturated rings. The topological polar surface area (TPSA) is 64.2 Å². The van der Waals surface area contributed by atoms with Crippen molar-refractivity contribution in [2.24, 2.45) is 0 Å². The minimum absolute atomic E-state index is 0.0451. The van der Waals surface area contributed by atoms with E-state index in [9.17, 15) is 4.79 Å². The van der Waals surface area contributed by atoms with E-state index in [4.69, 9.17) is 4.42 Å². The van der Waals surface area contributed by atoms with Crippen LogP contribution in [0.25, 0.3) is 5.69 Å². The zero-order valence-electron chi connectivity index (χ0n) is 17.6. The van der Waals surface area contributed by atoms with Crippen molar-refractivity contribution in [3.8, 4) is 5.69 Å². The van der Waals surface area contributed by atoms with E-state index in [2.05, 4.69) is 48.3 Å². The second-order valence-electron chi connectivity index (χ2n) is 7.65. The average Bonchev–Trinajstić information content (AvgIpc) is 3.32. The summed E-state index contributed by atoms with van der Waals surface area (Å²) in [5.41, 5.74) is 2.27. The fraction of sp³-hybridized carbons (Fsp3) is 0.409. The molecule has 0 bridgehead atoms. The molecule has 6 nitrogen and oxygen atoms in total. The zero-order chi connectivity index (χ0) is 21.0. The van der Waals surface area contributed by atoms with E-state index in [0.717, 1.165) is 17.2 Å². The maximum Gasteiger partial charge on any atom is 0.233 e. The molecule has 0 aliphatic heterocycles. The summed E-state index contributed by atoms with van der Waals surface area (Å²) >= 11 is 1.40. The van der Waals surface area contributed by atoms with Crippen LogP contribution in [0.1, 0.15) is 50.7 Å². The highest BCUT2D eigenvalue weighted by atomic mass is 32.2. The van der Waals surface area contributed by atoms with Gasteiger partial charge in [0, 0.05) is 11.7 Å². The van der Waals surface area contributed by atoms with Crippen LogP contribution in [0.15, 0.2) is 52.3 Å². The Labute approximate surface area is 176 Å². The lowest BCUT2D eigenvalue weighted by atomic mass is 10.0. The monoisotopic (exact) mass is 412 g/mol. The summed E-state index contributed by atoms with van der Waals surface area (Å²) in [5, 5.41) is 8.94. The van der Waals surface area contributed by atoms with Gasteiger partial charge in [-0.1, -0.05) is 37.7 Å². The molecule has 1 amide bonds. The van der Waals surface area contributed by atoms with Gasteiger partial charge >= 0.3 is 0 Å². The molecule has 0 saturated heterocycles.